The van der Waals surface area contributed by atoms with Gasteiger partial charge in [0.2, 0.25) is 0 Å². The van der Waals surface area contributed by atoms with Gasteiger partial charge in [-0.15, -0.1) is 0 Å². The van der Waals surface area contributed by atoms with Gasteiger partial charge in [0.15, 0.2) is 0 Å². The molecule has 124 valence electrons. The summed E-state index contributed by atoms with van der Waals surface area (Å²) in [4.78, 5) is 16.9. The van der Waals surface area contributed by atoms with E-state index in [1.807, 2.05) is 30.1 Å². The second-order valence-corrected chi connectivity index (χ2v) is 5.62. The van der Waals surface area contributed by atoms with Gasteiger partial charge in [0.1, 0.15) is 5.82 Å². The van der Waals surface area contributed by atoms with E-state index >= 15 is 0 Å². The van der Waals surface area contributed by atoms with Gasteiger partial charge in [-0.2, -0.15) is 5.10 Å². The number of pyridine rings is 1. The van der Waals surface area contributed by atoms with Gasteiger partial charge in [-0.25, -0.2) is 4.98 Å². The van der Waals surface area contributed by atoms with Crippen LogP contribution in [0.4, 0.5) is 11.5 Å². The van der Waals surface area contributed by atoms with Crippen molar-refractivity contribution in [2.45, 2.75) is 6.92 Å². The number of benzene rings is 1. The Hall–Kier alpha value is -2.96. The van der Waals surface area contributed by atoms with E-state index in [0.29, 0.717) is 0 Å². The summed E-state index contributed by atoms with van der Waals surface area (Å²) < 4.78 is 0. The van der Waals surface area contributed by atoms with Crippen molar-refractivity contribution in [3.05, 3.63) is 64.3 Å². The van der Waals surface area contributed by atoms with E-state index in [1.54, 1.807) is 18.3 Å². The Morgan fingerprint density at radius 1 is 1.12 bits per heavy atom. The van der Waals surface area contributed by atoms with Crippen molar-refractivity contribution in [2.75, 3.05) is 31.1 Å². The smallest absolute Gasteiger partial charge is 0.269 e. The van der Waals surface area contributed by atoms with E-state index in [0.717, 1.165) is 43.3 Å². The van der Waals surface area contributed by atoms with Crippen molar-refractivity contribution in [3.63, 3.8) is 0 Å². The number of anilines is 1. The van der Waals surface area contributed by atoms with E-state index in [-0.39, 0.29) is 5.69 Å². The van der Waals surface area contributed by atoms with Gasteiger partial charge in [-0.05, 0) is 36.8 Å². The van der Waals surface area contributed by atoms with Crippen molar-refractivity contribution in [1.82, 2.24) is 9.99 Å². The molecule has 0 N–H and O–H groups in total. The van der Waals surface area contributed by atoms with Gasteiger partial charge in [-0.1, -0.05) is 6.07 Å². The lowest BCUT2D eigenvalue weighted by molar-refractivity contribution is -0.384. The number of aromatic nitrogens is 1. The van der Waals surface area contributed by atoms with Crippen molar-refractivity contribution in [2.24, 2.45) is 5.10 Å². The quantitative estimate of drug-likeness (QED) is 0.490. The molecule has 1 fully saturated rings. The Morgan fingerprint density at radius 2 is 1.83 bits per heavy atom. The minimum Gasteiger partial charge on any atom is -0.353 e. The van der Waals surface area contributed by atoms with Crippen LogP contribution in [0.1, 0.15) is 12.5 Å². The molecule has 24 heavy (non-hydrogen) atoms. The van der Waals surface area contributed by atoms with E-state index in [1.165, 1.54) is 12.1 Å². The Morgan fingerprint density at radius 3 is 2.42 bits per heavy atom. The van der Waals surface area contributed by atoms with Crippen molar-refractivity contribution >= 4 is 17.2 Å². The van der Waals surface area contributed by atoms with E-state index in [9.17, 15) is 10.1 Å². The Labute approximate surface area is 140 Å². The third kappa shape index (κ3) is 3.68. The summed E-state index contributed by atoms with van der Waals surface area (Å²) in [6.45, 7) is 5.30. The maximum Gasteiger partial charge on any atom is 0.269 e. The van der Waals surface area contributed by atoms with Crippen LogP contribution in [0.5, 0.6) is 0 Å². The van der Waals surface area contributed by atoms with Crippen LogP contribution in [-0.2, 0) is 0 Å². The molecule has 0 amide bonds. The molecule has 7 heteroatoms. The average Bonchev–Trinajstić information content (AvgIpc) is 2.63. The monoisotopic (exact) mass is 325 g/mol. The largest absolute Gasteiger partial charge is 0.353 e. The number of nitrogens with zero attached hydrogens (tertiary/aromatic N) is 5. The third-order valence-corrected chi connectivity index (χ3v) is 4.02. The molecule has 3 rings (SSSR count). The molecule has 1 aromatic heterocycles. The van der Waals surface area contributed by atoms with Crippen molar-refractivity contribution < 1.29 is 4.92 Å². The van der Waals surface area contributed by atoms with Crippen LogP contribution in [0.2, 0.25) is 0 Å². The summed E-state index contributed by atoms with van der Waals surface area (Å²) in [5, 5.41) is 17.4. The molecule has 1 aliphatic rings. The fourth-order valence-corrected chi connectivity index (χ4v) is 2.66. The lowest BCUT2D eigenvalue weighted by Crippen LogP contribution is -2.44. The summed E-state index contributed by atoms with van der Waals surface area (Å²) in [5.74, 6) is 0.994. The number of hydrazone groups is 1. The predicted octanol–water partition coefficient (Wildman–Crippen LogP) is 2.54. The van der Waals surface area contributed by atoms with Crippen LogP contribution < -0.4 is 4.90 Å². The zero-order valence-electron chi connectivity index (χ0n) is 13.5. The molecular formula is C17H19N5O2. The lowest BCUT2D eigenvalue weighted by Gasteiger charge is -2.34. The molecule has 1 aromatic carbocycles. The van der Waals surface area contributed by atoms with Gasteiger partial charge >= 0.3 is 0 Å². The lowest BCUT2D eigenvalue weighted by atomic mass is 10.1. The highest BCUT2D eigenvalue weighted by atomic mass is 16.6. The molecule has 0 spiro atoms. The minimum atomic E-state index is -0.396. The molecule has 7 nitrogen and oxygen atoms in total. The number of piperazine rings is 1. The fraction of sp³-hybridized carbons (Fsp3) is 0.294. The highest BCUT2D eigenvalue weighted by Crippen LogP contribution is 2.15. The molecule has 0 aliphatic carbocycles. The normalized spacial score (nSPS) is 15.5. The van der Waals surface area contributed by atoms with Gasteiger partial charge in [-0.3, -0.25) is 15.1 Å². The molecule has 0 radical (unpaired) electrons. The predicted molar refractivity (Wildman–Crippen MR) is 93.3 cm³/mol. The van der Waals surface area contributed by atoms with Crippen molar-refractivity contribution in [3.8, 4) is 0 Å². The first-order valence-corrected chi connectivity index (χ1v) is 7.84. The molecule has 1 aliphatic heterocycles. The zero-order chi connectivity index (χ0) is 16.9. The minimum absolute atomic E-state index is 0.0931. The Balaban J connectivity index is 1.62. The average molecular weight is 325 g/mol. The number of hydrogen-bond donors (Lipinski definition) is 0. The topological polar surface area (TPSA) is 74.9 Å². The number of rotatable bonds is 4. The number of nitro benzene ring substituents is 1. The van der Waals surface area contributed by atoms with Crippen LogP contribution >= 0.6 is 0 Å². The molecule has 0 atom stereocenters. The van der Waals surface area contributed by atoms with E-state index in [4.69, 9.17) is 0 Å². The Bertz CT molecular complexity index is 722. The molecule has 2 heterocycles. The molecule has 0 bridgehead atoms. The fourth-order valence-electron chi connectivity index (χ4n) is 2.66. The van der Waals surface area contributed by atoms with Crippen LogP contribution in [0.25, 0.3) is 0 Å². The first-order valence-electron chi connectivity index (χ1n) is 7.84. The highest BCUT2D eigenvalue weighted by Gasteiger charge is 2.17. The summed E-state index contributed by atoms with van der Waals surface area (Å²) in [5.41, 5.74) is 1.85. The summed E-state index contributed by atoms with van der Waals surface area (Å²) >= 11 is 0. The van der Waals surface area contributed by atoms with Crippen LogP contribution in [0, 0.1) is 10.1 Å². The first-order chi connectivity index (χ1) is 11.6. The summed E-state index contributed by atoms with van der Waals surface area (Å²) in [6, 6.07) is 12.4. The van der Waals surface area contributed by atoms with Gasteiger partial charge in [0.05, 0.1) is 23.7 Å². The molecular weight excluding hydrogens is 306 g/mol. The van der Waals surface area contributed by atoms with Gasteiger partial charge in [0.25, 0.3) is 5.69 Å². The van der Waals surface area contributed by atoms with Gasteiger partial charge < -0.3 is 4.90 Å². The standard InChI is InChI=1S/C17H19N5O2/c1-14(15-5-7-16(8-6-15)22(23)24)19-21-12-10-20(11-13-21)17-4-2-3-9-18-17/h2-9H,10-13H2,1H3/b19-14-. The highest BCUT2D eigenvalue weighted by molar-refractivity contribution is 5.98. The number of hydrogen-bond acceptors (Lipinski definition) is 6. The molecule has 0 unspecified atom stereocenters. The summed E-state index contributed by atoms with van der Waals surface area (Å²) in [6.07, 6.45) is 1.80. The second kappa shape index (κ2) is 7.08. The zero-order valence-corrected chi connectivity index (χ0v) is 13.5. The maximum absolute atomic E-state index is 10.7. The van der Waals surface area contributed by atoms with Gasteiger partial charge in [0, 0.05) is 31.4 Å². The van der Waals surface area contributed by atoms with E-state index < -0.39 is 4.92 Å². The SMILES string of the molecule is C/C(=N/N1CCN(c2ccccn2)CC1)c1ccc([N+](=O)[O-])cc1. The summed E-state index contributed by atoms with van der Waals surface area (Å²) in [7, 11) is 0. The Kier molecular flexibility index (Phi) is 4.69. The van der Waals surface area contributed by atoms with Crippen LogP contribution in [0.3, 0.4) is 0 Å². The van der Waals surface area contributed by atoms with Crippen LogP contribution in [-0.4, -0.2) is 46.8 Å². The van der Waals surface area contributed by atoms with E-state index in [2.05, 4.69) is 15.0 Å². The molecule has 2 aromatic rings. The second-order valence-electron chi connectivity index (χ2n) is 5.62. The van der Waals surface area contributed by atoms with Crippen molar-refractivity contribution in [1.29, 1.82) is 0 Å². The molecule has 1 saturated heterocycles. The third-order valence-electron chi connectivity index (χ3n) is 4.02. The molecule has 0 saturated carbocycles. The maximum atomic E-state index is 10.7. The van der Waals surface area contributed by atoms with Crippen LogP contribution in [0.15, 0.2) is 53.8 Å². The number of nitro groups is 1. The number of non-ortho nitro benzene ring substituents is 1. The first kappa shape index (κ1) is 15.9.